The minimum Gasteiger partial charge on any atom is -0.461 e. The van der Waals surface area contributed by atoms with Crippen molar-refractivity contribution >= 4 is 52.8 Å². The van der Waals surface area contributed by atoms with Crippen molar-refractivity contribution in [3.63, 3.8) is 0 Å². The van der Waals surface area contributed by atoms with E-state index in [4.69, 9.17) is 39.5 Å². The van der Waals surface area contributed by atoms with E-state index in [1.54, 1.807) is 49.4 Å². The highest BCUT2D eigenvalue weighted by Crippen LogP contribution is 2.26. The lowest BCUT2D eigenvalue weighted by Crippen LogP contribution is -2.28. The van der Waals surface area contributed by atoms with Gasteiger partial charge in [-0.2, -0.15) is 0 Å². The van der Waals surface area contributed by atoms with Gasteiger partial charge in [-0.25, -0.2) is 4.79 Å². The number of esters is 1. The number of hydrogen-bond acceptors (Lipinski definition) is 3. The van der Waals surface area contributed by atoms with E-state index in [-0.39, 0.29) is 12.3 Å². The van der Waals surface area contributed by atoms with Crippen LogP contribution in [-0.4, -0.2) is 18.5 Å². The van der Waals surface area contributed by atoms with Crippen LogP contribution in [0.3, 0.4) is 0 Å². The van der Waals surface area contributed by atoms with Crippen molar-refractivity contribution in [2.45, 2.75) is 6.92 Å². The minimum atomic E-state index is -0.694. The molecule has 25 heavy (non-hydrogen) atoms. The van der Waals surface area contributed by atoms with Gasteiger partial charge in [-0.05, 0) is 49.4 Å². The van der Waals surface area contributed by atoms with Crippen LogP contribution in [-0.2, 0) is 9.53 Å². The fourth-order valence-corrected chi connectivity index (χ4v) is 2.58. The third-order valence-electron chi connectivity index (χ3n) is 3.14. The van der Waals surface area contributed by atoms with Crippen LogP contribution in [0.25, 0.3) is 6.08 Å². The minimum absolute atomic E-state index is 0.0724. The lowest BCUT2D eigenvalue weighted by atomic mass is 10.1. The van der Waals surface area contributed by atoms with Gasteiger partial charge in [0.15, 0.2) is 0 Å². The fourth-order valence-electron chi connectivity index (χ4n) is 1.94. The van der Waals surface area contributed by atoms with Crippen LogP contribution < -0.4 is 5.32 Å². The number of carbonyl (C=O) groups excluding carboxylic acids is 2. The average Bonchev–Trinajstić information content (AvgIpc) is 2.58. The van der Waals surface area contributed by atoms with Gasteiger partial charge in [0.05, 0.1) is 6.61 Å². The molecule has 0 aliphatic carbocycles. The van der Waals surface area contributed by atoms with Crippen LogP contribution in [0.1, 0.15) is 22.8 Å². The number of carbonyl (C=O) groups is 2. The maximum Gasteiger partial charge on any atom is 0.354 e. The van der Waals surface area contributed by atoms with Crippen molar-refractivity contribution in [1.29, 1.82) is 0 Å². The molecule has 0 atom stereocenters. The Morgan fingerprint density at radius 3 is 2.20 bits per heavy atom. The summed E-state index contributed by atoms with van der Waals surface area (Å²) in [7, 11) is 0. The summed E-state index contributed by atoms with van der Waals surface area (Å²) in [6, 6.07) is 11.2. The first-order chi connectivity index (χ1) is 11.9. The molecule has 2 rings (SSSR count). The van der Waals surface area contributed by atoms with E-state index in [2.05, 4.69) is 5.32 Å². The molecule has 0 fully saturated rings. The topological polar surface area (TPSA) is 55.4 Å². The molecule has 2 aromatic carbocycles. The van der Waals surface area contributed by atoms with Crippen LogP contribution in [0, 0.1) is 0 Å². The number of ether oxygens (including phenoxy) is 1. The summed E-state index contributed by atoms with van der Waals surface area (Å²) < 4.78 is 4.98. The van der Waals surface area contributed by atoms with E-state index in [0.29, 0.717) is 26.2 Å². The van der Waals surface area contributed by atoms with Crippen molar-refractivity contribution in [2.24, 2.45) is 0 Å². The number of amides is 1. The zero-order valence-corrected chi connectivity index (χ0v) is 15.5. The summed E-state index contributed by atoms with van der Waals surface area (Å²) in [6.45, 7) is 1.82. The molecule has 2 aromatic rings. The number of halogens is 3. The lowest BCUT2D eigenvalue weighted by Gasteiger charge is -2.11. The molecule has 0 saturated carbocycles. The second kappa shape index (κ2) is 8.90. The molecule has 130 valence electrons. The Kier molecular flexibility index (Phi) is 6.88. The fraction of sp³-hybridized carbons (Fsp3) is 0.111. The third-order valence-corrected chi connectivity index (χ3v) is 4.05. The molecule has 7 heteroatoms. The van der Waals surface area contributed by atoms with E-state index in [9.17, 15) is 9.59 Å². The first-order valence-corrected chi connectivity index (χ1v) is 8.45. The summed E-state index contributed by atoms with van der Waals surface area (Å²) in [6.07, 6.45) is 1.39. The second-order valence-electron chi connectivity index (χ2n) is 4.87. The number of nitrogens with one attached hydrogen (secondary N) is 1. The van der Waals surface area contributed by atoms with E-state index in [0.717, 1.165) is 0 Å². The maximum atomic E-state index is 12.4. The summed E-state index contributed by atoms with van der Waals surface area (Å²) in [5.41, 5.74) is 0.673. The standard InChI is InChI=1S/C18H14Cl3NO3/c1-2-25-18(24)16(10-13-14(20)4-3-5-15(13)21)22-17(23)11-6-8-12(19)9-7-11/h3-10H,2H2,1H3,(H,22,23). The van der Waals surface area contributed by atoms with E-state index in [1.807, 2.05) is 0 Å². The molecular weight excluding hydrogens is 385 g/mol. The van der Waals surface area contributed by atoms with Gasteiger partial charge < -0.3 is 10.1 Å². The Morgan fingerprint density at radius 1 is 1.04 bits per heavy atom. The van der Waals surface area contributed by atoms with Crippen LogP contribution >= 0.6 is 34.8 Å². The smallest absolute Gasteiger partial charge is 0.354 e. The van der Waals surface area contributed by atoms with Gasteiger partial charge in [-0.1, -0.05) is 40.9 Å². The zero-order valence-electron chi connectivity index (χ0n) is 13.2. The monoisotopic (exact) mass is 397 g/mol. The first-order valence-electron chi connectivity index (χ1n) is 7.32. The highest BCUT2D eigenvalue weighted by atomic mass is 35.5. The van der Waals surface area contributed by atoms with E-state index < -0.39 is 11.9 Å². The van der Waals surface area contributed by atoms with Crippen molar-refractivity contribution < 1.29 is 14.3 Å². The summed E-state index contributed by atoms with van der Waals surface area (Å²) in [5.74, 6) is -1.18. The Balaban J connectivity index is 2.36. The van der Waals surface area contributed by atoms with E-state index >= 15 is 0 Å². The number of benzene rings is 2. The zero-order chi connectivity index (χ0) is 18.4. The molecule has 0 heterocycles. The molecule has 0 bridgehead atoms. The van der Waals surface area contributed by atoms with Crippen LogP contribution in [0.4, 0.5) is 0 Å². The molecule has 0 spiro atoms. The van der Waals surface area contributed by atoms with Crippen LogP contribution in [0.2, 0.25) is 15.1 Å². The molecule has 0 saturated heterocycles. The summed E-state index contributed by atoms with van der Waals surface area (Å²) in [4.78, 5) is 24.5. The molecule has 1 amide bonds. The van der Waals surface area contributed by atoms with Crippen molar-refractivity contribution in [2.75, 3.05) is 6.61 Å². The summed E-state index contributed by atoms with van der Waals surface area (Å²) in [5, 5.41) is 3.71. The predicted molar refractivity (Wildman–Crippen MR) is 100.0 cm³/mol. The number of hydrogen-bond donors (Lipinski definition) is 1. The third kappa shape index (κ3) is 5.23. The Hall–Kier alpha value is -2.01. The average molecular weight is 399 g/mol. The molecule has 0 aromatic heterocycles. The van der Waals surface area contributed by atoms with Gasteiger partial charge in [-0.15, -0.1) is 0 Å². The van der Waals surface area contributed by atoms with Gasteiger partial charge in [0.25, 0.3) is 5.91 Å². The number of rotatable bonds is 5. The molecule has 0 aliphatic rings. The van der Waals surface area contributed by atoms with Gasteiger partial charge in [0.2, 0.25) is 0 Å². The van der Waals surface area contributed by atoms with Gasteiger partial charge in [-0.3, -0.25) is 4.79 Å². The van der Waals surface area contributed by atoms with Crippen LogP contribution in [0.5, 0.6) is 0 Å². The highest BCUT2D eigenvalue weighted by molar-refractivity contribution is 6.37. The molecule has 1 N–H and O–H groups in total. The predicted octanol–water partition coefficient (Wildman–Crippen LogP) is 4.98. The first kappa shape index (κ1) is 19.3. The molecule has 0 aliphatic heterocycles. The summed E-state index contributed by atoms with van der Waals surface area (Å²) >= 11 is 18.0. The van der Waals surface area contributed by atoms with Gasteiger partial charge in [0, 0.05) is 26.2 Å². The van der Waals surface area contributed by atoms with E-state index in [1.165, 1.54) is 6.08 Å². The molecule has 4 nitrogen and oxygen atoms in total. The Bertz CT molecular complexity index is 797. The van der Waals surface area contributed by atoms with Crippen molar-refractivity contribution in [3.8, 4) is 0 Å². The molecule has 0 radical (unpaired) electrons. The highest BCUT2D eigenvalue weighted by Gasteiger charge is 2.17. The lowest BCUT2D eigenvalue weighted by molar-refractivity contribution is -0.138. The Morgan fingerprint density at radius 2 is 1.64 bits per heavy atom. The van der Waals surface area contributed by atoms with Gasteiger partial charge in [0.1, 0.15) is 5.70 Å². The molecule has 0 unspecified atom stereocenters. The quantitative estimate of drug-likeness (QED) is 0.571. The normalized spacial score (nSPS) is 11.1. The van der Waals surface area contributed by atoms with Crippen molar-refractivity contribution in [1.82, 2.24) is 5.32 Å². The van der Waals surface area contributed by atoms with Crippen molar-refractivity contribution in [3.05, 3.63) is 74.4 Å². The second-order valence-corrected chi connectivity index (χ2v) is 6.13. The van der Waals surface area contributed by atoms with Crippen LogP contribution in [0.15, 0.2) is 48.2 Å². The largest absolute Gasteiger partial charge is 0.461 e. The molecular formula is C18H14Cl3NO3. The van der Waals surface area contributed by atoms with Gasteiger partial charge >= 0.3 is 5.97 Å². The SMILES string of the molecule is CCOC(=O)C(=Cc1c(Cl)cccc1Cl)NC(=O)c1ccc(Cl)cc1. The Labute approximate surface area is 160 Å². The maximum absolute atomic E-state index is 12.4.